The first kappa shape index (κ1) is 11.2. The first-order chi connectivity index (χ1) is 8.62. The first-order valence-corrected chi connectivity index (χ1v) is 6.17. The molecule has 94 valence electrons. The number of nitrogens with zero attached hydrogens (tertiary/aromatic N) is 4. The quantitative estimate of drug-likeness (QED) is 0.868. The zero-order valence-electron chi connectivity index (χ0n) is 10.7. The summed E-state index contributed by atoms with van der Waals surface area (Å²) in [6.07, 6.45) is 7.47. The Kier molecular flexibility index (Phi) is 2.36. The fraction of sp³-hybridized carbons (Fsp3) is 0.462. The number of rotatable bonds is 2. The summed E-state index contributed by atoms with van der Waals surface area (Å²) in [6, 6.07) is 2.01. The predicted octanol–water partition coefficient (Wildman–Crippen LogP) is 1.51. The summed E-state index contributed by atoms with van der Waals surface area (Å²) in [5, 5.41) is 8.30. The van der Waals surface area contributed by atoms with E-state index in [9.17, 15) is 0 Å². The maximum absolute atomic E-state index is 5.85. The number of aromatic nitrogens is 4. The summed E-state index contributed by atoms with van der Waals surface area (Å²) in [5.74, 6) is 1.70. The molecule has 1 fully saturated rings. The summed E-state index contributed by atoms with van der Waals surface area (Å²) < 4.78 is 2.00. The molecule has 2 aromatic rings. The van der Waals surface area contributed by atoms with Crippen molar-refractivity contribution in [3.05, 3.63) is 36.2 Å². The number of pyridine rings is 1. The maximum atomic E-state index is 5.85. The highest BCUT2D eigenvalue weighted by Crippen LogP contribution is 2.51. The van der Waals surface area contributed by atoms with Gasteiger partial charge in [-0.05, 0) is 30.4 Å². The van der Waals surface area contributed by atoms with Gasteiger partial charge in [0.25, 0.3) is 0 Å². The third-order valence-corrected chi connectivity index (χ3v) is 3.85. The van der Waals surface area contributed by atoms with Gasteiger partial charge < -0.3 is 10.3 Å². The Hall–Kier alpha value is -1.91. The maximum Gasteiger partial charge on any atom is 0.143 e. The second kappa shape index (κ2) is 3.80. The zero-order chi connectivity index (χ0) is 12.8. The highest BCUT2D eigenvalue weighted by Gasteiger charge is 2.48. The second-order valence-electron chi connectivity index (χ2n) is 5.37. The molecule has 0 aromatic carbocycles. The summed E-state index contributed by atoms with van der Waals surface area (Å²) in [4.78, 5) is 4.21. The SMILES string of the molecule is CC1CC(c2cncc(N)c2)(c2nncn2C)C1. The molecule has 5 nitrogen and oxygen atoms in total. The molecule has 0 unspecified atom stereocenters. The Labute approximate surface area is 106 Å². The number of anilines is 1. The zero-order valence-corrected chi connectivity index (χ0v) is 10.7. The molecular formula is C13H17N5. The molecule has 5 heteroatoms. The lowest BCUT2D eigenvalue weighted by molar-refractivity contribution is 0.185. The average molecular weight is 243 g/mol. The normalized spacial score (nSPS) is 26.9. The Morgan fingerprint density at radius 2 is 2.17 bits per heavy atom. The molecule has 0 atom stereocenters. The minimum atomic E-state index is -0.0625. The van der Waals surface area contributed by atoms with Gasteiger partial charge in [-0.15, -0.1) is 10.2 Å². The van der Waals surface area contributed by atoms with Crippen LogP contribution in [0, 0.1) is 5.92 Å². The van der Waals surface area contributed by atoms with Crippen molar-refractivity contribution in [2.75, 3.05) is 5.73 Å². The highest BCUT2D eigenvalue weighted by molar-refractivity contribution is 5.44. The molecule has 1 aliphatic carbocycles. The number of hydrogen-bond acceptors (Lipinski definition) is 4. The Bertz CT molecular complexity index is 568. The van der Waals surface area contributed by atoms with E-state index in [1.165, 1.54) is 0 Å². The van der Waals surface area contributed by atoms with Gasteiger partial charge in [0.1, 0.15) is 12.2 Å². The van der Waals surface area contributed by atoms with E-state index in [-0.39, 0.29) is 5.41 Å². The van der Waals surface area contributed by atoms with Crippen LogP contribution in [0.5, 0.6) is 0 Å². The van der Waals surface area contributed by atoms with E-state index >= 15 is 0 Å². The van der Waals surface area contributed by atoms with Crippen molar-refractivity contribution >= 4 is 5.69 Å². The first-order valence-electron chi connectivity index (χ1n) is 6.17. The van der Waals surface area contributed by atoms with Gasteiger partial charge in [0, 0.05) is 19.4 Å². The van der Waals surface area contributed by atoms with Gasteiger partial charge in [-0.2, -0.15) is 0 Å². The van der Waals surface area contributed by atoms with Crippen molar-refractivity contribution in [3.8, 4) is 0 Å². The van der Waals surface area contributed by atoms with Crippen molar-refractivity contribution in [2.24, 2.45) is 13.0 Å². The third-order valence-electron chi connectivity index (χ3n) is 3.85. The molecule has 18 heavy (non-hydrogen) atoms. The minimum absolute atomic E-state index is 0.0625. The minimum Gasteiger partial charge on any atom is -0.397 e. The Morgan fingerprint density at radius 1 is 1.39 bits per heavy atom. The average Bonchev–Trinajstić information content (AvgIpc) is 2.71. The van der Waals surface area contributed by atoms with Crippen molar-refractivity contribution in [1.29, 1.82) is 0 Å². The number of aryl methyl sites for hydroxylation is 1. The molecule has 0 saturated heterocycles. The summed E-state index contributed by atoms with van der Waals surface area (Å²) in [7, 11) is 1.99. The van der Waals surface area contributed by atoms with Crippen LogP contribution in [0.1, 0.15) is 31.2 Å². The molecule has 2 N–H and O–H groups in total. The molecule has 1 saturated carbocycles. The fourth-order valence-corrected chi connectivity index (χ4v) is 3.11. The molecule has 2 heterocycles. The largest absolute Gasteiger partial charge is 0.397 e. The van der Waals surface area contributed by atoms with E-state index in [2.05, 4.69) is 22.1 Å². The van der Waals surface area contributed by atoms with Crippen LogP contribution in [-0.2, 0) is 12.5 Å². The van der Waals surface area contributed by atoms with Crippen LogP contribution >= 0.6 is 0 Å². The molecule has 0 amide bonds. The van der Waals surface area contributed by atoms with E-state index in [1.54, 1.807) is 12.5 Å². The number of nitrogens with two attached hydrogens (primary N) is 1. The summed E-state index contributed by atoms with van der Waals surface area (Å²) >= 11 is 0. The van der Waals surface area contributed by atoms with Crippen molar-refractivity contribution in [3.63, 3.8) is 0 Å². The summed E-state index contributed by atoms with van der Waals surface area (Å²) in [5.41, 5.74) is 7.64. The summed E-state index contributed by atoms with van der Waals surface area (Å²) in [6.45, 7) is 2.26. The standard InChI is InChI=1S/C13H17N5/c1-9-4-13(5-9,12-17-16-8-18(12)2)10-3-11(14)7-15-6-10/h3,6-9H,4-5,14H2,1-2H3. The lowest BCUT2D eigenvalue weighted by Crippen LogP contribution is -2.43. The van der Waals surface area contributed by atoms with Gasteiger partial charge >= 0.3 is 0 Å². The van der Waals surface area contributed by atoms with E-state index in [0.717, 1.165) is 24.2 Å². The van der Waals surface area contributed by atoms with Gasteiger partial charge in [0.05, 0.1) is 11.1 Å². The second-order valence-corrected chi connectivity index (χ2v) is 5.37. The molecule has 0 bridgehead atoms. The van der Waals surface area contributed by atoms with E-state index in [0.29, 0.717) is 11.6 Å². The molecule has 0 spiro atoms. The van der Waals surface area contributed by atoms with Crippen LogP contribution < -0.4 is 5.73 Å². The number of nitrogen functional groups attached to an aromatic ring is 1. The van der Waals surface area contributed by atoms with Gasteiger partial charge in [-0.25, -0.2) is 0 Å². The highest BCUT2D eigenvalue weighted by atomic mass is 15.3. The van der Waals surface area contributed by atoms with E-state index < -0.39 is 0 Å². The van der Waals surface area contributed by atoms with Crippen LogP contribution in [0.25, 0.3) is 0 Å². The topological polar surface area (TPSA) is 69.6 Å². The van der Waals surface area contributed by atoms with Crippen molar-refractivity contribution in [1.82, 2.24) is 19.7 Å². The molecule has 1 aliphatic rings. The molecule has 0 radical (unpaired) electrons. The lowest BCUT2D eigenvalue weighted by atomic mass is 9.59. The molecule has 3 rings (SSSR count). The van der Waals surface area contributed by atoms with E-state index in [1.807, 2.05) is 23.9 Å². The van der Waals surface area contributed by atoms with Crippen LogP contribution in [0.3, 0.4) is 0 Å². The molecular weight excluding hydrogens is 226 g/mol. The Balaban J connectivity index is 2.11. The Morgan fingerprint density at radius 3 is 2.72 bits per heavy atom. The smallest absolute Gasteiger partial charge is 0.143 e. The van der Waals surface area contributed by atoms with Crippen LogP contribution in [0.2, 0.25) is 0 Å². The fourth-order valence-electron chi connectivity index (χ4n) is 3.11. The number of hydrogen-bond donors (Lipinski definition) is 1. The van der Waals surface area contributed by atoms with Crippen LogP contribution in [-0.4, -0.2) is 19.7 Å². The van der Waals surface area contributed by atoms with Gasteiger partial charge in [-0.3, -0.25) is 4.98 Å². The third kappa shape index (κ3) is 1.50. The predicted molar refractivity (Wildman–Crippen MR) is 68.8 cm³/mol. The van der Waals surface area contributed by atoms with Gasteiger partial charge in [-0.1, -0.05) is 6.92 Å². The monoisotopic (exact) mass is 243 g/mol. The van der Waals surface area contributed by atoms with Crippen molar-refractivity contribution < 1.29 is 0 Å². The van der Waals surface area contributed by atoms with Crippen LogP contribution in [0.15, 0.2) is 24.8 Å². The lowest BCUT2D eigenvalue weighted by Gasteiger charge is -2.45. The van der Waals surface area contributed by atoms with Gasteiger partial charge in [0.15, 0.2) is 0 Å². The van der Waals surface area contributed by atoms with E-state index in [4.69, 9.17) is 5.73 Å². The molecule has 0 aliphatic heterocycles. The van der Waals surface area contributed by atoms with Crippen molar-refractivity contribution in [2.45, 2.75) is 25.2 Å². The van der Waals surface area contributed by atoms with Gasteiger partial charge in [0.2, 0.25) is 0 Å². The van der Waals surface area contributed by atoms with Crippen LogP contribution in [0.4, 0.5) is 5.69 Å². The molecule has 2 aromatic heterocycles.